The fraction of sp³-hybridized carbons (Fsp3) is 0.407. The zero-order valence-corrected chi connectivity index (χ0v) is 20.1. The molecule has 0 spiro atoms. The first-order valence-corrected chi connectivity index (χ1v) is 11.5. The molecule has 5 heteroatoms. The molecule has 0 bridgehead atoms. The number of hydrogen-bond acceptors (Lipinski definition) is 4. The normalized spacial score (nSPS) is 11.1. The summed E-state index contributed by atoms with van der Waals surface area (Å²) in [4.78, 5) is 28.7. The van der Waals surface area contributed by atoms with Gasteiger partial charge in [0.25, 0.3) is 5.56 Å². The Bertz CT molecular complexity index is 1160. The first-order chi connectivity index (χ1) is 15.3. The molecule has 5 nitrogen and oxygen atoms in total. The molecule has 0 saturated carbocycles. The first-order valence-electron chi connectivity index (χ1n) is 11.5. The van der Waals surface area contributed by atoms with Gasteiger partial charge in [0.15, 0.2) is 0 Å². The first kappa shape index (κ1) is 23.6. The van der Waals surface area contributed by atoms with Crippen LogP contribution in [0.25, 0.3) is 16.8 Å². The smallest absolute Gasteiger partial charge is 0.343 e. The van der Waals surface area contributed by atoms with Gasteiger partial charge in [-0.15, -0.1) is 0 Å². The molecule has 0 fully saturated rings. The van der Waals surface area contributed by atoms with Gasteiger partial charge >= 0.3 is 5.97 Å². The molecule has 0 N–H and O–H groups in total. The summed E-state index contributed by atoms with van der Waals surface area (Å²) in [5.74, 6) is -0.576. The number of anilines is 1. The van der Waals surface area contributed by atoms with E-state index in [-0.39, 0.29) is 17.7 Å². The van der Waals surface area contributed by atoms with Crippen LogP contribution in [0.5, 0.6) is 0 Å². The van der Waals surface area contributed by atoms with Crippen LogP contribution in [-0.4, -0.2) is 30.1 Å². The van der Waals surface area contributed by atoms with E-state index in [1.54, 1.807) is 17.4 Å². The highest BCUT2D eigenvalue weighted by atomic mass is 16.5. The van der Waals surface area contributed by atoms with E-state index in [9.17, 15) is 9.59 Å². The zero-order valence-electron chi connectivity index (χ0n) is 20.1. The third-order valence-corrected chi connectivity index (χ3v) is 5.72. The average molecular weight is 435 g/mol. The van der Waals surface area contributed by atoms with E-state index in [4.69, 9.17) is 4.74 Å². The van der Waals surface area contributed by atoms with Gasteiger partial charge in [-0.1, -0.05) is 37.6 Å². The summed E-state index contributed by atoms with van der Waals surface area (Å²) in [5, 5.41) is 0. The largest absolute Gasteiger partial charge is 0.462 e. The predicted molar refractivity (Wildman–Crippen MR) is 132 cm³/mol. The van der Waals surface area contributed by atoms with E-state index in [1.807, 2.05) is 18.2 Å². The number of carbonyl (C=O) groups excluding carboxylic acids is 1. The molecule has 0 aliphatic carbocycles. The van der Waals surface area contributed by atoms with Gasteiger partial charge in [0, 0.05) is 18.7 Å². The monoisotopic (exact) mass is 434 g/mol. The summed E-state index contributed by atoms with van der Waals surface area (Å²) in [6.45, 7) is 14.1. The lowest BCUT2D eigenvalue weighted by molar-refractivity contribution is 0.0524. The number of esters is 1. The second-order valence-electron chi connectivity index (χ2n) is 8.36. The third-order valence-electron chi connectivity index (χ3n) is 5.72. The molecule has 3 rings (SSSR count). The fourth-order valence-electron chi connectivity index (χ4n) is 4.60. The maximum Gasteiger partial charge on any atom is 0.343 e. The molecule has 2 aromatic heterocycles. The third kappa shape index (κ3) is 4.43. The van der Waals surface area contributed by atoms with E-state index < -0.39 is 5.97 Å². The number of pyridine rings is 2. The van der Waals surface area contributed by atoms with E-state index >= 15 is 0 Å². The highest BCUT2D eigenvalue weighted by Crippen LogP contribution is 2.31. The summed E-state index contributed by atoms with van der Waals surface area (Å²) >= 11 is 0. The Morgan fingerprint density at radius 3 is 2.16 bits per heavy atom. The summed E-state index contributed by atoms with van der Waals surface area (Å²) in [6.07, 6.45) is 1.94. The minimum absolute atomic E-state index is 0.0754. The minimum Gasteiger partial charge on any atom is -0.462 e. The second kappa shape index (κ2) is 10.0. The summed E-state index contributed by atoms with van der Waals surface area (Å²) in [6, 6.07) is 11.9. The van der Waals surface area contributed by atoms with E-state index in [1.165, 1.54) is 5.56 Å². The molecule has 0 aliphatic heterocycles. The molecule has 0 saturated heterocycles. The maximum atomic E-state index is 13.7. The van der Waals surface area contributed by atoms with Gasteiger partial charge in [0.2, 0.25) is 0 Å². The van der Waals surface area contributed by atoms with Crippen LogP contribution in [0, 0.1) is 20.8 Å². The highest BCUT2D eigenvalue weighted by Gasteiger charge is 2.22. The van der Waals surface area contributed by atoms with Crippen LogP contribution < -0.4 is 10.5 Å². The molecule has 1 aromatic carbocycles. The Balaban J connectivity index is 2.45. The number of carbonyl (C=O) groups is 1. The maximum absolute atomic E-state index is 13.7. The molecule has 3 aromatic rings. The molecule has 0 aliphatic rings. The molecular formula is C27H34N2O3. The van der Waals surface area contributed by atoms with Crippen molar-refractivity contribution in [2.45, 2.75) is 54.4 Å². The molecule has 0 radical (unpaired) electrons. The lowest BCUT2D eigenvalue weighted by atomic mass is 9.96. The summed E-state index contributed by atoms with van der Waals surface area (Å²) < 4.78 is 6.95. The van der Waals surface area contributed by atoms with E-state index in [0.29, 0.717) is 0 Å². The Morgan fingerprint density at radius 2 is 1.59 bits per heavy atom. The Labute approximate surface area is 190 Å². The topological polar surface area (TPSA) is 51.0 Å². The van der Waals surface area contributed by atoms with Crippen molar-refractivity contribution < 1.29 is 9.53 Å². The highest BCUT2D eigenvalue weighted by molar-refractivity contribution is 5.93. The molecule has 2 heterocycles. The number of nitrogens with zero attached hydrogens (tertiary/aromatic N) is 2. The van der Waals surface area contributed by atoms with Crippen LogP contribution in [0.15, 0.2) is 41.2 Å². The van der Waals surface area contributed by atoms with Crippen LogP contribution in [-0.2, 0) is 4.74 Å². The second-order valence-corrected chi connectivity index (χ2v) is 8.36. The van der Waals surface area contributed by atoms with Crippen molar-refractivity contribution in [3.05, 3.63) is 69.0 Å². The number of fused-ring (bicyclic) bond motifs is 1. The van der Waals surface area contributed by atoms with Gasteiger partial charge in [-0.2, -0.15) is 0 Å². The predicted octanol–water partition coefficient (Wildman–Crippen LogP) is 5.69. The average Bonchev–Trinajstić information content (AvgIpc) is 2.73. The van der Waals surface area contributed by atoms with Crippen molar-refractivity contribution in [1.29, 1.82) is 0 Å². The lowest BCUT2D eigenvalue weighted by Crippen LogP contribution is -2.30. The molecule has 0 unspecified atom stereocenters. The van der Waals surface area contributed by atoms with Crippen LogP contribution in [0.1, 0.15) is 60.7 Å². The van der Waals surface area contributed by atoms with Gasteiger partial charge in [-0.3, -0.25) is 9.20 Å². The van der Waals surface area contributed by atoms with Crippen LogP contribution in [0.2, 0.25) is 0 Å². The lowest BCUT2D eigenvalue weighted by Gasteiger charge is -2.27. The van der Waals surface area contributed by atoms with Gasteiger partial charge in [-0.25, -0.2) is 4.79 Å². The Hall–Kier alpha value is -3.08. The Kier molecular flexibility index (Phi) is 7.39. The van der Waals surface area contributed by atoms with Gasteiger partial charge in [0.05, 0.1) is 23.5 Å². The summed E-state index contributed by atoms with van der Waals surface area (Å²) in [7, 11) is 0. The fourth-order valence-corrected chi connectivity index (χ4v) is 4.60. The van der Waals surface area contributed by atoms with Crippen LogP contribution in [0.3, 0.4) is 0 Å². The van der Waals surface area contributed by atoms with E-state index in [0.717, 1.165) is 59.5 Å². The number of rotatable bonds is 8. The van der Waals surface area contributed by atoms with Crippen molar-refractivity contribution >= 4 is 17.2 Å². The van der Waals surface area contributed by atoms with Crippen LogP contribution >= 0.6 is 0 Å². The van der Waals surface area contributed by atoms with Crippen molar-refractivity contribution in [3.8, 4) is 11.3 Å². The molecule has 170 valence electrons. The number of aryl methyl sites for hydroxylation is 3. The zero-order chi connectivity index (χ0) is 23.4. The molecule has 0 atom stereocenters. The summed E-state index contributed by atoms with van der Waals surface area (Å²) in [5.41, 5.74) is 6.63. The molecular weight excluding hydrogens is 400 g/mol. The van der Waals surface area contributed by atoms with Crippen molar-refractivity contribution in [1.82, 2.24) is 4.40 Å². The number of ether oxygens (including phenoxy) is 1. The molecule has 0 amide bonds. The van der Waals surface area contributed by atoms with Gasteiger partial charge in [0.1, 0.15) is 5.56 Å². The standard InChI is InChI=1S/C27H34N2O3/c1-7-13-28(14-8-2)24-17-21(27(31)32-9-3)26(30)29-22(24)11-10-12-23(29)25-19(5)15-18(4)16-20(25)6/h10-12,15-17H,7-9,13-14H2,1-6H3. The SMILES string of the molecule is CCCN(CCC)c1cc(C(=O)OCC)c(=O)n2c(-c3c(C)cc(C)cc3C)cccc12. The Morgan fingerprint density at radius 1 is 0.969 bits per heavy atom. The van der Waals surface area contributed by atoms with E-state index in [2.05, 4.69) is 51.7 Å². The quantitative estimate of drug-likeness (QED) is 0.427. The van der Waals surface area contributed by atoms with Crippen molar-refractivity contribution in [2.24, 2.45) is 0 Å². The van der Waals surface area contributed by atoms with Gasteiger partial charge in [-0.05, 0) is 69.9 Å². The number of benzene rings is 1. The van der Waals surface area contributed by atoms with Gasteiger partial charge < -0.3 is 9.64 Å². The molecule has 32 heavy (non-hydrogen) atoms. The minimum atomic E-state index is -0.576. The van der Waals surface area contributed by atoms with Crippen molar-refractivity contribution in [3.63, 3.8) is 0 Å². The van der Waals surface area contributed by atoms with Crippen molar-refractivity contribution in [2.75, 3.05) is 24.6 Å². The number of aromatic nitrogens is 1. The number of hydrogen-bond donors (Lipinski definition) is 0. The van der Waals surface area contributed by atoms with Crippen LogP contribution in [0.4, 0.5) is 5.69 Å².